The summed E-state index contributed by atoms with van der Waals surface area (Å²) in [4.78, 5) is 0. The zero-order valence-corrected chi connectivity index (χ0v) is 14.3. The molecule has 0 amide bonds. The van der Waals surface area contributed by atoms with Crippen LogP contribution in [0.4, 0.5) is 10.1 Å². The van der Waals surface area contributed by atoms with Crippen molar-refractivity contribution < 1.29 is 17.2 Å². The molecule has 0 saturated carbocycles. The number of halogens is 1. The summed E-state index contributed by atoms with van der Waals surface area (Å²) < 4.78 is 45.6. The molecule has 1 aromatic heterocycles. The van der Waals surface area contributed by atoms with E-state index in [1.54, 1.807) is 12.1 Å². The molecule has 0 unspecified atom stereocenters. The average molecular weight is 359 g/mol. The first-order chi connectivity index (χ1) is 12.0. The van der Waals surface area contributed by atoms with Gasteiger partial charge in [-0.1, -0.05) is 30.3 Å². The SMILES string of the molecule is O=S(=O)(CCc1ccccc1)N(Cc1ccco1)c1ccc(F)cc1. The lowest BCUT2D eigenvalue weighted by Crippen LogP contribution is -2.33. The van der Waals surface area contributed by atoms with E-state index in [0.29, 0.717) is 17.9 Å². The molecule has 25 heavy (non-hydrogen) atoms. The monoisotopic (exact) mass is 359 g/mol. The minimum atomic E-state index is -3.61. The van der Waals surface area contributed by atoms with Crippen LogP contribution in [0.15, 0.2) is 77.4 Å². The number of sulfonamides is 1. The van der Waals surface area contributed by atoms with Gasteiger partial charge in [0.15, 0.2) is 0 Å². The fourth-order valence-corrected chi connectivity index (χ4v) is 3.98. The molecule has 0 spiro atoms. The minimum absolute atomic E-state index is 0.0465. The predicted octanol–water partition coefficient (Wildman–Crippen LogP) is 4.00. The molecule has 0 fully saturated rings. The fraction of sp³-hybridized carbons (Fsp3) is 0.158. The maximum Gasteiger partial charge on any atom is 0.235 e. The van der Waals surface area contributed by atoms with Crippen molar-refractivity contribution in [3.05, 3.63) is 90.1 Å². The van der Waals surface area contributed by atoms with Crippen LogP contribution in [-0.4, -0.2) is 14.2 Å². The smallest absolute Gasteiger partial charge is 0.235 e. The summed E-state index contributed by atoms with van der Waals surface area (Å²) in [5.74, 6) is 0.0609. The number of furan rings is 1. The number of aryl methyl sites for hydroxylation is 1. The first-order valence-corrected chi connectivity index (χ1v) is 9.48. The molecule has 0 saturated heterocycles. The molecule has 130 valence electrons. The predicted molar refractivity (Wildman–Crippen MR) is 95.2 cm³/mol. The molecule has 0 aliphatic carbocycles. The summed E-state index contributed by atoms with van der Waals surface area (Å²) in [6.07, 6.45) is 1.90. The van der Waals surface area contributed by atoms with Gasteiger partial charge in [0.25, 0.3) is 0 Å². The van der Waals surface area contributed by atoms with E-state index in [4.69, 9.17) is 4.42 Å². The Kier molecular flexibility index (Phi) is 5.19. The van der Waals surface area contributed by atoms with E-state index in [2.05, 4.69) is 0 Å². The Balaban J connectivity index is 1.85. The molecular weight excluding hydrogens is 341 g/mol. The average Bonchev–Trinajstić information content (AvgIpc) is 3.13. The standard InChI is InChI=1S/C19H18FNO3S/c20-17-8-10-18(11-9-17)21(15-19-7-4-13-24-19)25(22,23)14-12-16-5-2-1-3-6-16/h1-11,13H,12,14-15H2. The maximum absolute atomic E-state index is 13.2. The van der Waals surface area contributed by atoms with Crippen LogP contribution in [0.3, 0.4) is 0 Å². The lowest BCUT2D eigenvalue weighted by molar-refractivity contribution is 0.508. The molecule has 1 heterocycles. The van der Waals surface area contributed by atoms with Crippen molar-refractivity contribution in [3.8, 4) is 0 Å². The van der Waals surface area contributed by atoms with Crippen LogP contribution in [0.2, 0.25) is 0 Å². The molecule has 4 nitrogen and oxygen atoms in total. The van der Waals surface area contributed by atoms with Crippen molar-refractivity contribution in [3.63, 3.8) is 0 Å². The summed E-state index contributed by atoms with van der Waals surface area (Å²) >= 11 is 0. The second kappa shape index (κ2) is 7.53. The van der Waals surface area contributed by atoms with Crippen LogP contribution in [0.5, 0.6) is 0 Å². The Bertz CT molecular complexity index is 892. The molecule has 2 aromatic carbocycles. The van der Waals surface area contributed by atoms with E-state index >= 15 is 0 Å². The number of hydrogen-bond donors (Lipinski definition) is 0. The Hall–Kier alpha value is -2.60. The normalized spacial score (nSPS) is 11.4. The number of hydrogen-bond acceptors (Lipinski definition) is 3. The van der Waals surface area contributed by atoms with E-state index in [1.165, 1.54) is 34.8 Å². The summed E-state index contributed by atoms with van der Waals surface area (Å²) in [6.45, 7) is 0.0652. The lowest BCUT2D eigenvalue weighted by atomic mass is 10.2. The molecule has 0 N–H and O–H groups in total. The quantitative estimate of drug-likeness (QED) is 0.641. The number of anilines is 1. The topological polar surface area (TPSA) is 50.5 Å². The highest BCUT2D eigenvalue weighted by Gasteiger charge is 2.23. The van der Waals surface area contributed by atoms with Crippen LogP contribution in [-0.2, 0) is 23.0 Å². The summed E-state index contributed by atoms with van der Waals surface area (Å²) in [5, 5.41) is 0. The molecule has 0 radical (unpaired) electrons. The van der Waals surface area contributed by atoms with Gasteiger partial charge in [-0.3, -0.25) is 4.31 Å². The third-order valence-corrected chi connectivity index (χ3v) is 5.55. The van der Waals surface area contributed by atoms with E-state index < -0.39 is 15.8 Å². The zero-order valence-electron chi connectivity index (χ0n) is 13.5. The Morgan fingerprint density at radius 1 is 0.920 bits per heavy atom. The van der Waals surface area contributed by atoms with E-state index in [1.807, 2.05) is 30.3 Å². The van der Waals surface area contributed by atoms with Gasteiger partial charge < -0.3 is 4.42 Å². The number of nitrogens with zero attached hydrogens (tertiary/aromatic N) is 1. The van der Waals surface area contributed by atoms with Gasteiger partial charge in [-0.05, 0) is 48.4 Å². The van der Waals surface area contributed by atoms with Crippen molar-refractivity contribution in [2.45, 2.75) is 13.0 Å². The molecule has 0 aliphatic heterocycles. The van der Waals surface area contributed by atoms with Crippen molar-refractivity contribution in [2.75, 3.05) is 10.1 Å². The molecule has 0 aliphatic rings. The minimum Gasteiger partial charge on any atom is -0.467 e. The van der Waals surface area contributed by atoms with Crippen LogP contribution in [0, 0.1) is 5.82 Å². The van der Waals surface area contributed by atoms with Gasteiger partial charge in [-0.15, -0.1) is 0 Å². The summed E-state index contributed by atoms with van der Waals surface area (Å²) in [5.41, 5.74) is 1.36. The number of benzene rings is 2. The first kappa shape index (κ1) is 17.2. The number of rotatable bonds is 7. The fourth-order valence-electron chi connectivity index (χ4n) is 2.50. The summed E-state index contributed by atoms with van der Waals surface area (Å²) in [7, 11) is -3.61. The van der Waals surface area contributed by atoms with E-state index in [-0.39, 0.29) is 12.3 Å². The van der Waals surface area contributed by atoms with Crippen LogP contribution in [0.25, 0.3) is 0 Å². The Morgan fingerprint density at radius 2 is 1.64 bits per heavy atom. The van der Waals surface area contributed by atoms with Crippen LogP contribution >= 0.6 is 0 Å². The van der Waals surface area contributed by atoms with Gasteiger partial charge in [0.2, 0.25) is 10.0 Å². The van der Waals surface area contributed by atoms with Crippen LogP contribution in [0.1, 0.15) is 11.3 Å². The van der Waals surface area contributed by atoms with Gasteiger partial charge in [0, 0.05) is 0 Å². The van der Waals surface area contributed by atoms with Crippen molar-refractivity contribution in [2.24, 2.45) is 0 Å². The maximum atomic E-state index is 13.2. The van der Waals surface area contributed by atoms with Crippen molar-refractivity contribution in [1.29, 1.82) is 0 Å². The van der Waals surface area contributed by atoms with E-state index in [0.717, 1.165) is 5.56 Å². The van der Waals surface area contributed by atoms with Crippen LogP contribution < -0.4 is 4.31 Å². The molecular formula is C19H18FNO3S. The Morgan fingerprint density at radius 3 is 2.28 bits per heavy atom. The molecule has 0 atom stereocenters. The molecule has 0 bridgehead atoms. The first-order valence-electron chi connectivity index (χ1n) is 7.87. The second-order valence-electron chi connectivity index (χ2n) is 5.61. The second-order valence-corrected chi connectivity index (χ2v) is 7.63. The molecule has 6 heteroatoms. The highest BCUT2D eigenvalue weighted by molar-refractivity contribution is 7.92. The third-order valence-electron chi connectivity index (χ3n) is 3.82. The summed E-state index contributed by atoms with van der Waals surface area (Å²) in [6, 6.07) is 18.3. The largest absolute Gasteiger partial charge is 0.467 e. The van der Waals surface area contributed by atoms with Gasteiger partial charge in [-0.25, -0.2) is 12.8 Å². The Labute approximate surface area is 146 Å². The molecule has 3 rings (SSSR count). The van der Waals surface area contributed by atoms with Crippen molar-refractivity contribution >= 4 is 15.7 Å². The third kappa shape index (κ3) is 4.48. The highest BCUT2D eigenvalue weighted by Crippen LogP contribution is 2.22. The van der Waals surface area contributed by atoms with Gasteiger partial charge in [-0.2, -0.15) is 0 Å². The van der Waals surface area contributed by atoms with Gasteiger partial charge in [0.1, 0.15) is 11.6 Å². The van der Waals surface area contributed by atoms with E-state index in [9.17, 15) is 12.8 Å². The zero-order chi connectivity index (χ0) is 17.7. The lowest BCUT2D eigenvalue weighted by Gasteiger charge is -2.23. The highest BCUT2D eigenvalue weighted by atomic mass is 32.2. The van der Waals surface area contributed by atoms with Gasteiger partial charge in [0.05, 0.1) is 24.2 Å². The van der Waals surface area contributed by atoms with Gasteiger partial charge >= 0.3 is 0 Å². The molecule has 3 aromatic rings. The van der Waals surface area contributed by atoms with Crippen molar-refractivity contribution in [1.82, 2.24) is 0 Å².